The molecule has 2 rings (SSSR count). The zero-order chi connectivity index (χ0) is 19.2. The van der Waals surface area contributed by atoms with E-state index in [-0.39, 0.29) is 30.7 Å². The summed E-state index contributed by atoms with van der Waals surface area (Å²) in [7, 11) is 0. The third-order valence-electron chi connectivity index (χ3n) is 4.55. The molecule has 0 bridgehead atoms. The lowest BCUT2D eigenvalue weighted by Crippen LogP contribution is -2.52. The van der Waals surface area contributed by atoms with Crippen LogP contribution in [-0.4, -0.2) is 60.9 Å². The maximum Gasteiger partial charge on any atom is 0.573 e. The Morgan fingerprint density at radius 3 is 2.04 bits per heavy atom. The normalized spacial score (nSPS) is 15.4. The van der Waals surface area contributed by atoms with Gasteiger partial charge in [0.15, 0.2) is 6.61 Å². The van der Waals surface area contributed by atoms with E-state index in [2.05, 4.69) is 23.5 Å². The summed E-state index contributed by atoms with van der Waals surface area (Å²) >= 11 is 0. The van der Waals surface area contributed by atoms with Crippen LogP contribution < -0.4 is 9.47 Å². The summed E-state index contributed by atoms with van der Waals surface area (Å²) in [5, 5.41) is 0. The first kappa shape index (κ1) is 23.4. The lowest BCUT2D eigenvalue weighted by molar-refractivity contribution is -0.274. The number of carbonyl (C=O) groups excluding carboxylic acids is 1. The maximum atomic E-state index is 12.3. The lowest BCUT2D eigenvalue weighted by atomic mass is 10.1. The second-order valence-corrected chi connectivity index (χ2v) is 6.19. The number of carbonyl (C=O) groups is 1. The highest BCUT2D eigenvalue weighted by molar-refractivity contribution is 5.85. The summed E-state index contributed by atoms with van der Waals surface area (Å²) in [6.45, 7) is 7.23. The molecule has 27 heavy (non-hydrogen) atoms. The van der Waals surface area contributed by atoms with E-state index >= 15 is 0 Å². The van der Waals surface area contributed by atoms with Crippen LogP contribution in [0.2, 0.25) is 0 Å². The number of ether oxygens (including phenoxy) is 2. The molecule has 1 saturated heterocycles. The van der Waals surface area contributed by atoms with Gasteiger partial charge in [0.2, 0.25) is 0 Å². The second kappa shape index (κ2) is 10.6. The molecule has 0 spiro atoms. The third kappa shape index (κ3) is 7.46. The van der Waals surface area contributed by atoms with Crippen molar-refractivity contribution in [3.63, 3.8) is 0 Å². The molecule has 154 valence electrons. The summed E-state index contributed by atoms with van der Waals surface area (Å²) in [6.07, 6.45) is -2.53. The highest BCUT2D eigenvalue weighted by Crippen LogP contribution is 2.24. The Kier molecular flexibility index (Phi) is 9.18. The molecule has 0 radical (unpaired) electrons. The van der Waals surface area contributed by atoms with Gasteiger partial charge in [0.05, 0.1) is 0 Å². The Bertz CT molecular complexity index is 572. The van der Waals surface area contributed by atoms with Gasteiger partial charge in [-0.25, -0.2) is 0 Å². The number of amides is 1. The van der Waals surface area contributed by atoms with Gasteiger partial charge in [0.25, 0.3) is 5.91 Å². The Labute approximate surface area is 163 Å². The Balaban J connectivity index is 0.00000364. The molecule has 1 fully saturated rings. The van der Waals surface area contributed by atoms with Gasteiger partial charge in [0, 0.05) is 32.2 Å². The first-order valence-corrected chi connectivity index (χ1v) is 8.82. The number of alkyl halides is 3. The van der Waals surface area contributed by atoms with Crippen molar-refractivity contribution in [2.24, 2.45) is 0 Å². The van der Waals surface area contributed by atoms with Crippen molar-refractivity contribution in [1.29, 1.82) is 0 Å². The smallest absolute Gasteiger partial charge is 0.484 e. The quantitative estimate of drug-likeness (QED) is 0.687. The van der Waals surface area contributed by atoms with Gasteiger partial charge in [-0.05, 0) is 37.1 Å². The molecule has 0 atom stereocenters. The zero-order valence-electron chi connectivity index (χ0n) is 15.5. The molecule has 9 heteroatoms. The van der Waals surface area contributed by atoms with E-state index in [0.717, 1.165) is 38.1 Å². The highest BCUT2D eigenvalue weighted by Gasteiger charge is 2.31. The van der Waals surface area contributed by atoms with E-state index in [4.69, 9.17) is 4.74 Å². The Hall–Kier alpha value is -1.67. The number of benzene rings is 1. The molecule has 1 aliphatic rings. The van der Waals surface area contributed by atoms with Gasteiger partial charge in [-0.1, -0.05) is 13.8 Å². The SMILES string of the molecule is CCC(CC)N1CCN(C(=O)COc2ccc(OC(F)(F)F)cc2)CC1.Cl. The molecule has 1 aliphatic heterocycles. The van der Waals surface area contributed by atoms with Crippen molar-refractivity contribution in [3.8, 4) is 11.5 Å². The van der Waals surface area contributed by atoms with Gasteiger partial charge in [0.1, 0.15) is 11.5 Å². The van der Waals surface area contributed by atoms with Crippen molar-refractivity contribution >= 4 is 18.3 Å². The number of halogens is 4. The minimum atomic E-state index is -4.73. The zero-order valence-corrected chi connectivity index (χ0v) is 16.3. The number of hydrogen-bond acceptors (Lipinski definition) is 4. The molecule has 0 unspecified atom stereocenters. The molecular formula is C18H26ClF3N2O3. The summed E-state index contributed by atoms with van der Waals surface area (Å²) < 4.78 is 45.5. The fourth-order valence-electron chi connectivity index (χ4n) is 3.12. The third-order valence-corrected chi connectivity index (χ3v) is 4.55. The van der Waals surface area contributed by atoms with Crippen LogP contribution >= 0.6 is 12.4 Å². The van der Waals surface area contributed by atoms with Gasteiger partial charge >= 0.3 is 6.36 Å². The maximum absolute atomic E-state index is 12.3. The molecule has 0 N–H and O–H groups in total. The van der Waals surface area contributed by atoms with Gasteiger partial charge < -0.3 is 14.4 Å². The average Bonchev–Trinajstić information content (AvgIpc) is 2.61. The fraction of sp³-hybridized carbons (Fsp3) is 0.611. The van der Waals surface area contributed by atoms with Crippen LogP contribution in [-0.2, 0) is 4.79 Å². The summed E-state index contributed by atoms with van der Waals surface area (Å²) in [4.78, 5) is 16.4. The van der Waals surface area contributed by atoms with E-state index in [1.807, 2.05) is 0 Å². The first-order valence-electron chi connectivity index (χ1n) is 8.82. The lowest BCUT2D eigenvalue weighted by Gasteiger charge is -2.38. The van der Waals surface area contributed by atoms with E-state index in [9.17, 15) is 18.0 Å². The van der Waals surface area contributed by atoms with Crippen LogP contribution in [0.1, 0.15) is 26.7 Å². The van der Waals surface area contributed by atoms with Crippen molar-refractivity contribution in [2.75, 3.05) is 32.8 Å². The molecule has 1 amide bonds. The largest absolute Gasteiger partial charge is 0.573 e. The standard InChI is InChI=1S/C18H25F3N2O3.ClH/c1-3-14(4-2)22-9-11-23(12-10-22)17(24)13-25-15-5-7-16(8-6-15)26-18(19,20)21;/h5-8,14H,3-4,9-13H2,1-2H3;1H. The van der Waals surface area contributed by atoms with Crippen LogP contribution in [0.5, 0.6) is 11.5 Å². The predicted octanol–water partition coefficient (Wildman–Crippen LogP) is 3.72. The van der Waals surface area contributed by atoms with Gasteiger partial charge in [-0.2, -0.15) is 0 Å². The van der Waals surface area contributed by atoms with Crippen LogP contribution in [0.25, 0.3) is 0 Å². The minimum Gasteiger partial charge on any atom is -0.484 e. The van der Waals surface area contributed by atoms with Crippen LogP contribution in [0.4, 0.5) is 13.2 Å². The van der Waals surface area contributed by atoms with E-state index in [1.54, 1.807) is 4.90 Å². The monoisotopic (exact) mass is 410 g/mol. The number of piperazine rings is 1. The molecule has 5 nitrogen and oxygen atoms in total. The van der Waals surface area contributed by atoms with E-state index < -0.39 is 6.36 Å². The fourth-order valence-corrected chi connectivity index (χ4v) is 3.12. The van der Waals surface area contributed by atoms with Gasteiger partial charge in [-0.3, -0.25) is 9.69 Å². The molecular weight excluding hydrogens is 385 g/mol. The summed E-state index contributed by atoms with van der Waals surface area (Å²) in [6, 6.07) is 5.56. The van der Waals surface area contributed by atoms with Crippen molar-refractivity contribution in [3.05, 3.63) is 24.3 Å². The van der Waals surface area contributed by atoms with Crippen molar-refractivity contribution < 1.29 is 27.4 Å². The minimum absolute atomic E-state index is 0. The molecule has 1 aromatic carbocycles. The number of rotatable bonds is 7. The van der Waals surface area contributed by atoms with Crippen LogP contribution in [0, 0.1) is 0 Å². The van der Waals surface area contributed by atoms with E-state index in [1.165, 1.54) is 12.1 Å². The average molecular weight is 411 g/mol. The van der Waals surface area contributed by atoms with Crippen LogP contribution in [0.3, 0.4) is 0 Å². The molecule has 1 aromatic rings. The van der Waals surface area contributed by atoms with Gasteiger partial charge in [-0.15, -0.1) is 25.6 Å². The van der Waals surface area contributed by atoms with E-state index in [0.29, 0.717) is 24.9 Å². The highest BCUT2D eigenvalue weighted by atomic mass is 35.5. The Morgan fingerprint density at radius 1 is 1.04 bits per heavy atom. The van der Waals surface area contributed by atoms with Crippen LogP contribution in [0.15, 0.2) is 24.3 Å². The topological polar surface area (TPSA) is 42.0 Å². The Morgan fingerprint density at radius 2 is 1.56 bits per heavy atom. The summed E-state index contributed by atoms with van der Waals surface area (Å²) in [5.74, 6) is -0.123. The summed E-state index contributed by atoms with van der Waals surface area (Å²) in [5.41, 5.74) is 0. The second-order valence-electron chi connectivity index (χ2n) is 6.19. The molecule has 0 aliphatic carbocycles. The van der Waals surface area contributed by atoms with Crippen molar-refractivity contribution in [1.82, 2.24) is 9.80 Å². The molecule has 1 heterocycles. The first-order chi connectivity index (χ1) is 12.3. The molecule has 0 aromatic heterocycles. The number of nitrogens with zero attached hydrogens (tertiary/aromatic N) is 2. The number of hydrogen-bond donors (Lipinski definition) is 0. The predicted molar refractivity (Wildman–Crippen MR) is 98.4 cm³/mol. The molecule has 0 saturated carbocycles. The van der Waals surface area contributed by atoms with Crippen molar-refractivity contribution in [2.45, 2.75) is 39.1 Å².